The summed E-state index contributed by atoms with van der Waals surface area (Å²) in [6.45, 7) is 9.15. The van der Waals surface area contributed by atoms with Gasteiger partial charge in [0, 0.05) is 12.1 Å². The summed E-state index contributed by atoms with van der Waals surface area (Å²) < 4.78 is 0. The van der Waals surface area contributed by atoms with E-state index in [2.05, 4.69) is 33.0 Å². The second-order valence-corrected chi connectivity index (χ2v) is 4.78. The molecular weight excluding hydrogens is 146 g/mol. The Balaban J connectivity index is 2.37. The Bertz CT molecular complexity index is 125. The Hall–Kier alpha value is -0.0400. The van der Waals surface area contributed by atoms with E-state index < -0.39 is 0 Å². The molecule has 0 radical (unpaired) electrons. The van der Waals surface area contributed by atoms with Gasteiger partial charge in [0.2, 0.25) is 0 Å². The number of rotatable bonds is 4. The third kappa shape index (κ3) is 2.48. The molecule has 0 spiro atoms. The van der Waals surface area contributed by atoms with Crippen molar-refractivity contribution in [3.63, 3.8) is 0 Å². The van der Waals surface area contributed by atoms with Gasteiger partial charge in [-0.3, -0.25) is 0 Å². The lowest BCUT2D eigenvalue weighted by molar-refractivity contribution is 0.179. The Morgan fingerprint density at radius 3 is 1.92 bits per heavy atom. The molecular formula is C11H23N. The van der Waals surface area contributed by atoms with Crippen LogP contribution in [0.3, 0.4) is 0 Å². The van der Waals surface area contributed by atoms with E-state index in [4.69, 9.17) is 0 Å². The van der Waals surface area contributed by atoms with E-state index in [0.717, 1.165) is 17.9 Å². The van der Waals surface area contributed by atoms with Crippen molar-refractivity contribution in [1.29, 1.82) is 0 Å². The molecule has 0 aromatic heterocycles. The minimum atomic E-state index is 0.637. The number of hydrogen-bond acceptors (Lipinski definition) is 1. The molecule has 0 amide bonds. The quantitative estimate of drug-likeness (QED) is 0.682. The zero-order valence-corrected chi connectivity index (χ0v) is 8.93. The molecule has 72 valence electrons. The van der Waals surface area contributed by atoms with Crippen LogP contribution in [-0.2, 0) is 0 Å². The summed E-state index contributed by atoms with van der Waals surface area (Å²) in [7, 11) is 0. The van der Waals surface area contributed by atoms with Gasteiger partial charge in [-0.1, -0.05) is 34.1 Å². The standard InChI is InChI=1S/C11H23N/c1-8(2)11(12-9(3)4)10-6-5-7-10/h8-12H,5-7H2,1-4H3. The van der Waals surface area contributed by atoms with E-state index in [9.17, 15) is 0 Å². The fraction of sp³-hybridized carbons (Fsp3) is 1.00. The molecule has 1 atom stereocenters. The summed E-state index contributed by atoms with van der Waals surface area (Å²) in [4.78, 5) is 0. The molecule has 12 heavy (non-hydrogen) atoms. The Morgan fingerprint density at radius 2 is 1.67 bits per heavy atom. The Kier molecular flexibility index (Phi) is 3.57. The first-order valence-electron chi connectivity index (χ1n) is 5.37. The lowest BCUT2D eigenvalue weighted by Gasteiger charge is -2.38. The smallest absolute Gasteiger partial charge is 0.0121 e. The van der Waals surface area contributed by atoms with Crippen LogP contribution >= 0.6 is 0 Å². The predicted molar refractivity (Wildman–Crippen MR) is 54.2 cm³/mol. The lowest BCUT2D eigenvalue weighted by Crippen LogP contribution is -2.46. The van der Waals surface area contributed by atoms with E-state index in [1.807, 2.05) is 0 Å². The maximum absolute atomic E-state index is 3.68. The third-order valence-corrected chi connectivity index (χ3v) is 2.90. The van der Waals surface area contributed by atoms with Gasteiger partial charge in [-0.15, -0.1) is 0 Å². The highest BCUT2D eigenvalue weighted by Gasteiger charge is 2.29. The highest BCUT2D eigenvalue weighted by Crippen LogP contribution is 2.32. The predicted octanol–water partition coefficient (Wildman–Crippen LogP) is 2.81. The molecule has 1 rings (SSSR count). The summed E-state index contributed by atoms with van der Waals surface area (Å²) >= 11 is 0. The maximum atomic E-state index is 3.68. The molecule has 0 bridgehead atoms. The van der Waals surface area contributed by atoms with Crippen molar-refractivity contribution in [2.75, 3.05) is 0 Å². The van der Waals surface area contributed by atoms with Crippen LogP contribution in [0, 0.1) is 11.8 Å². The third-order valence-electron chi connectivity index (χ3n) is 2.90. The molecule has 0 aromatic rings. The SMILES string of the molecule is CC(C)NC(C(C)C)C1CCC1. The second-order valence-electron chi connectivity index (χ2n) is 4.78. The van der Waals surface area contributed by atoms with Crippen LogP contribution < -0.4 is 5.32 Å². The fourth-order valence-corrected chi connectivity index (χ4v) is 2.06. The van der Waals surface area contributed by atoms with Crippen LogP contribution in [0.5, 0.6) is 0 Å². The van der Waals surface area contributed by atoms with Crippen molar-refractivity contribution in [3.8, 4) is 0 Å². The molecule has 1 aliphatic rings. The van der Waals surface area contributed by atoms with Gasteiger partial charge >= 0.3 is 0 Å². The normalized spacial score (nSPS) is 21.5. The van der Waals surface area contributed by atoms with Crippen molar-refractivity contribution >= 4 is 0 Å². The molecule has 0 saturated heterocycles. The summed E-state index contributed by atoms with van der Waals surface area (Å²) in [5.41, 5.74) is 0. The number of nitrogens with one attached hydrogen (secondary N) is 1. The van der Waals surface area contributed by atoms with Crippen molar-refractivity contribution in [3.05, 3.63) is 0 Å². The summed E-state index contributed by atoms with van der Waals surface area (Å²) in [6.07, 6.45) is 4.35. The van der Waals surface area contributed by atoms with Crippen molar-refractivity contribution < 1.29 is 0 Å². The maximum Gasteiger partial charge on any atom is 0.0121 e. The van der Waals surface area contributed by atoms with Gasteiger partial charge in [0.05, 0.1) is 0 Å². The monoisotopic (exact) mass is 169 g/mol. The van der Waals surface area contributed by atoms with Crippen LogP contribution in [0.1, 0.15) is 47.0 Å². The second kappa shape index (κ2) is 4.27. The molecule has 0 aromatic carbocycles. The molecule has 1 heteroatoms. The van der Waals surface area contributed by atoms with Gasteiger partial charge in [0.1, 0.15) is 0 Å². The highest BCUT2D eigenvalue weighted by molar-refractivity contribution is 4.85. The van der Waals surface area contributed by atoms with E-state index >= 15 is 0 Å². The molecule has 1 unspecified atom stereocenters. The molecule has 0 heterocycles. The minimum absolute atomic E-state index is 0.637. The average molecular weight is 169 g/mol. The zero-order valence-electron chi connectivity index (χ0n) is 8.93. The van der Waals surface area contributed by atoms with Crippen LogP contribution in [0.25, 0.3) is 0 Å². The van der Waals surface area contributed by atoms with E-state index in [1.54, 1.807) is 0 Å². The van der Waals surface area contributed by atoms with E-state index in [0.29, 0.717) is 6.04 Å². The van der Waals surface area contributed by atoms with Crippen molar-refractivity contribution in [2.45, 2.75) is 59.0 Å². The first-order chi connectivity index (χ1) is 5.61. The zero-order chi connectivity index (χ0) is 9.14. The van der Waals surface area contributed by atoms with Gasteiger partial charge in [0.25, 0.3) is 0 Å². The van der Waals surface area contributed by atoms with E-state index in [-0.39, 0.29) is 0 Å². The van der Waals surface area contributed by atoms with E-state index in [1.165, 1.54) is 19.3 Å². The highest BCUT2D eigenvalue weighted by atomic mass is 15.0. The Morgan fingerprint density at radius 1 is 1.08 bits per heavy atom. The fourth-order valence-electron chi connectivity index (χ4n) is 2.06. The largest absolute Gasteiger partial charge is 0.311 e. The minimum Gasteiger partial charge on any atom is -0.311 e. The van der Waals surface area contributed by atoms with Crippen LogP contribution in [-0.4, -0.2) is 12.1 Å². The molecule has 1 nitrogen and oxygen atoms in total. The van der Waals surface area contributed by atoms with Crippen LogP contribution in [0.2, 0.25) is 0 Å². The van der Waals surface area contributed by atoms with Crippen LogP contribution in [0.4, 0.5) is 0 Å². The molecule has 1 aliphatic carbocycles. The first kappa shape index (κ1) is 10.0. The molecule has 1 N–H and O–H groups in total. The summed E-state index contributed by atoms with van der Waals surface area (Å²) in [5.74, 6) is 1.75. The lowest BCUT2D eigenvalue weighted by atomic mass is 9.75. The average Bonchev–Trinajstić information content (AvgIpc) is 1.80. The van der Waals surface area contributed by atoms with Gasteiger partial charge in [-0.2, -0.15) is 0 Å². The topological polar surface area (TPSA) is 12.0 Å². The molecule has 0 aliphatic heterocycles. The summed E-state index contributed by atoms with van der Waals surface area (Å²) in [6, 6.07) is 1.40. The molecule has 1 fully saturated rings. The van der Waals surface area contributed by atoms with Crippen LogP contribution in [0.15, 0.2) is 0 Å². The van der Waals surface area contributed by atoms with Gasteiger partial charge in [-0.25, -0.2) is 0 Å². The Labute approximate surface area is 76.9 Å². The van der Waals surface area contributed by atoms with Crippen molar-refractivity contribution in [2.24, 2.45) is 11.8 Å². The number of hydrogen-bond donors (Lipinski definition) is 1. The first-order valence-corrected chi connectivity index (χ1v) is 5.37. The van der Waals surface area contributed by atoms with Gasteiger partial charge in [0.15, 0.2) is 0 Å². The summed E-state index contributed by atoms with van der Waals surface area (Å²) in [5, 5.41) is 3.68. The van der Waals surface area contributed by atoms with Gasteiger partial charge < -0.3 is 5.32 Å². The molecule has 1 saturated carbocycles. The van der Waals surface area contributed by atoms with Gasteiger partial charge in [-0.05, 0) is 24.7 Å². The van der Waals surface area contributed by atoms with Crippen molar-refractivity contribution in [1.82, 2.24) is 5.32 Å².